The van der Waals surface area contributed by atoms with Crippen molar-refractivity contribution in [1.29, 1.82) is 0 Å². The van der Waals surface area contributed by atoms with Crippen LogP contribution in [0.1, 0.15) is 49.9 Å². The minimum absolute atomic E-state index is 0.147. The molecule has 12 aromatic rings. The number of rotatable bonds is 7. The number of aromatic nitrogens is 1. The highest BCUT2D eigenvalue weighted by Crippen LogP contribution is 2.54. The van der Waals surface area contributed by atoms with E-state index in [9.17, 15) is 0 Å². The summed E-state index contributed by atoms with van der Waals surface area (Å²) >= 11 is 0. The minimum Gasteiger partial charge on any atom is -0.310 e. The third-order valence-electron chi connectivity index (χ3n) is 17.5. The standard InChI is InChI=1S/C72H54N2Si/c1-71(2)63-30-15-11-26-55(63)56-39-35-51(45-66(56)71)73(52-36-40-59-58-27-12-16-31-67(58)74(68(59)46-52)49-21-7-5-8-22-49)50-37-41-64-62(44-50)57-38-34-48(43-65(57)72(64,3)4)47-20-19-25-54(42-47)75(53-23-9-6-10-24-53)69-32-17-13-28-60(69)61-29-14-18-33-70(61)75/h5-46H,1-4H3. The maximum Gasteiger partial charge on any atom is 0.180 e. The SMILES string of the molecule is CC1(C)c2ccc(N(c3ccc4c(c3)C(C)(C)c3ccccc3-4)c3ccc4c5ccccc5n(-c5ccccc5)c4c3)cc2-c2ccc(-c3cccc([Si]4(c5ccccc5)c5ccccc5-c5ccccc54)c3)cc21. The van der Waals surface area contributed by atoms with Crippen molar-refractivity contribution >= 4 is 67.7 Å². The molecule has 0 N–H and O–H groups in total. The molecule has 15 rings (SSSR count). The Kier molecular flexibility index (Phi) is 9.41. The summed E-state index contributed by atoms with van der Waals surface area (Å²) in [6.45, 7) is 9.58. The molecule has 0 unspecified atom stereocenters. The molecule has 2 nitrogen and oxygen atoms in total. The molecule has 0 atom stereocenters. The lowest BCUT2D eigenvalue weighted by Gasteiger charge is -2.31. The highest BCUT2D eigenvalue weighted by Gasteiger charge is 2.48. The van der Waals surface area contributed by atoms with Gasteiger partial charge < -0.3 is 9.47 Å². The lowest BCUT2D eigenvalue weighted by Crippen LogP contribution is -2.72. The van der Waals surface area contributed by atoms with Crippen LogP contribution in [0.3, 0.4) is 0 Å². The summed E-state index contributed by atoms with van der Waals surface area (Å²) in [6, 6.07) is 96.6. The molecular weight excluding hydrogens is 921 g/mol. The fourth-order valence-corrected chi connectivity index (χ4v) is 19.2. The highest BCUT2D eigenvalue weighted by molar-refractivity contribution is 7.22. The van der Waals surface area contributed by atoms with E-state index in [1.165, 1.54) is 109 Å². The Morgan fingerprint density at radius 2 is 0.840 bits per heavy atom. The lowest BCUT2D eigenvalue weighted by atomic mass is 9.81. The summed E-state index contributed by atoms with van der Waals surface area (Å²) in [5, 5.41) is 8.26. The summed E-state index contributed by atoms with van der Waals surface area (Å²) in [6.07, 6.45) is 0. The molecule has 2 aliphatic carbocycles. The Morgan fingerprint density at radius 1 is 0.320 bits per heavy atom. The number of hydrogen-bond donors (Lipinski definition) is 0. The molecule has 1 aliphatic heterocycles. The summed E-state index contributed by atoms with van der Waals surface area (Å²) < 4.78 is 2.43. The van der Waals surface area contributed by atoms with Gasteiger partial charge in [-0.3, -0.25) is 0 Å². The molecule has 0 fully saturated rings. The number of nitrogens with zero attached hydrogens (tertiary/aromatic N) is 2. The zero-order valence-electron chi connectivity index (χ0n) is 42.6. The van der Waals surface area contributed by atoms with Gasteiger partial charge in [-0.15, -0.1) is 0 Å². The molecule has 2 heterocycles. The predicted octanol–water partition coefficient (Wildman–Crippen LogP) is 15.9. The molecule has 0 saturated carbocycles. The van der Waals surface area contributed by atoms with E-state index in [1.807, 2.05) is 0 Å². The zero-order valence-corrected chi connectivity index (χ0v) is 43.6. The quantitative estimate of drug-likeness (QED) is 0.145. The van der Waals surface area contributed by atoms with E-state index in [4.69, 9.17) is 0 Å². The van der Waals surface area contributed by atoms with Gasteiger partial charge in [0.05, 0.1) is 11.0 Å². The Labute approximate surface area is 440 Å². The number of anilines is 3. The number of para-hydroxylation sites is 2. The van der Waals surface area contributed by atoms with Crippen LogP contribution in [0.25, 0.3) is 72.0 Å². The predicted molar refractivity (Wildman–Crippen MR) is 319 cm³/mol. The first kappa shape index (κ1) is 43.8. The molecule has 3 heteroatoms. The molecule has 11 aromatic carbocycles. The smallest absolute Gasteiger partial charge is 0.180 e. The first-order valence-electron chi connectivity index (χ1n) is 26.5. The maximum absolute atomic E-state index is 2.65. The largest absolute Gasteiger partial charge is 0.310 e. The summed E-state index contributed by atoms with van der Waals surface area (Å²) in [4.78, 5) is 2.50. The van der Waals surface area contributed by atoms with E-state index >= 15 is 0 Å². The monoisotopic (exact) mass is 974 g/mol. The average Bonchev–Trinajstić information content (AvgIpc) is 4.12. The second kappa shape index (κ2) is 16.1. The van der Waals surface area contributed by atoms with Gasteiger partial charge in [0, 0.05) is 44.4 Å². The van der Waals surface area contributed by atoms with Crippen molar-refractivity contribution in [1.82, 2.24) is 4.57 Å². The van der Waals surface area contributed by atoms with Crippen LogP contribution in [0.15, 0.2) is 255 Å². The third kappa shape index (κ3) is 6.19. The van der Waals surface area contributed by atoms with Gasteiger partial charge in [-0.2, -0.15) is 0 Å². The summed E-state index contributed by atoms with van der Waals surface area (Å²) in [5.74, 6) is 0. The van der Waals surface area contributed by atoms with Crippen LogP contribution >= 0.6 is 0 Å². The molecule has 1 aromatic heterocycles. The molecular formula is C72H54N2Si. The van der Waals surface area contributed by atoms with Crippen molar-refractivity contribution in [3.05, 3.63) is 277 Å². The first-order valence-corrected chi connectivity index (χ1v) is 28.5. The normalized spacial score (nSPS) is 14.7. The Morgan fingerprint density at radius 3 is 1.61 bits per heavy atom. The van der Waals surface area contributed by atoms with E-state index in [0.717, 1.165) is 22.7 Å². The molecule has 0 radical (unpaired) electrons. The van der Waals surface area contributed by atoms with Crippen LogP contribution in [-0.2, 0) is 10.8 Å². The number of benzene rings is 11. The fourth-order valence-electron chi connectivity index (χ4n) is 13.9. The van der Waals surface area contributed by atoms with Crippen LogP contribution in [0, 0.1) is 0 Å². The van der Waals surface area contributed by atoms with Gasteiger partial charge >= 0.3 is 0 Å². The maximum atomic E-state index is 2.52. The molecule has 75 heavy (non-hydrogen) atoms. The average molecular weight is 975 g/mol. The molecule has 356 valence electrons. The van der Waals surface area contributed by atoms with Crippen LogP contribution in [-0.4, -0.2) is 12.6 Å². The van der Waals surface area contributed by atoms with Crippen LogP contribution in [0.2, 0.25) is 0 Å². The summed E-state index contributed by atoms with van der Waals surface area (Å²) in [7, 11) is -2.65. The van der Waals surface area contributed by atoms with E-state index in [1.54, 1.807) is 0 Å². The first-order chi connectivity index (χ1) is 36.7. The molecule has 0 bridgehead atoms. The van der Waals surface area contributed by atoms with Crippen LogP contribution in [0.5, 0.6) is 0 Å². The topological polar surface area (TPSA) is 8.17 Å². The second-order valence-corrected chi connectivity index (χ2v) is 25.8. The van der Waals surface area contributed by atoms with Crippen molar-refractivity contribution < 1.29 is 0 Å². The van der Waals surface area contributed by atoms with E-state index in [0.29, 0.717) is 0 Å². The van der Waals surface area contributed by atoms with Gasteiger partial charge in [0.2, 0.25) is 0 Å². The molecule has 3 aliphatic rings. The van der Waals surface area contributed by atoms with Crippen molar-refractivity contribution in [2.45, 2.75) is 38.5 Å². The van der Waals surface area contributed by atoms with Crippen molar-refractivity contribution in [2.75, 3.05) is 4.90 Å². The zero-order chi connectivity index (χ0) is 50.2. The van der Waals surface area contributed by atoms with Gasteiger partial charge in [0.25, 0.3) is 0 Å². The third-order valence-corrected chi connectivity index (χ3v) is 22.3. The molecule has 0 amide bonds. The molecule has 0 spiro atoms. The number of hydrogen-bond acceptors (Lipinski definition) is 1. The van der Waals surface area contributed by atoms with Gasteiger partial charge in [0.15, 0.2) is 8.07 Å². The van der Waals surface area contributed by atoms with Crippen LogP contribution < -0.4 is 25.6 Å². The Bertz CT molecular complexity index is 4270. The Balaban J connectivity index is 0.885. The van der Waals surface area contributed by atoms with Gasteiger partial charge in [-0.05, 0) is 148 Å². The van der Waals surface area contributed by atoms with Crippen LogP contribution in [0.4, 0.5) is 17.1 Å². The summed E-state index contributed by atoms with van der Waals surface area (Å²) in [5.41, 5.74) is 22.5. The van der Waals surface area contributed by atoms with Crippen molar-refractivity contribution in [2.24, 2.45) is 0 Å². The van der Waals surface area contributed by atoms with E-state index in [-0.39, 0.29) is 10.8 Å². The fraction of sp³-hybridized carbons (Fsp3) is 0.0833. The van der Waals surface area contributed by atoms with Crippen molar-refractivity contribution in [3.8, 4) is 50.2 Å². The minimum atomic E-state index is -2.65. The Hall–Kier alpha value is -8.76. The second-order valence-electron chi connectivity index (χ2n) is 22.0. The highest BCUT2D eigenvalue weighted by atomic mass is 28.3. The van der Waals surface area contributed by atoms with E-state index < -0.39 is 8.07 Å². The lowest BCUT2D eigenvalue weighted by molar-refractivity contribution is 0.660. The van der Waals surface area contributed by atoms with Gasteiger partial charge in [-0.25, -0.2) is 0 Å². The molecule has 0 saturated heterocycles. The number of fused-ring (bicyclic) bond motifs is 12. The van der Waals surface area contributed by atoms with Gasteiger partial charge in [-0.1, -0.05) is 222 Å². The van der Waals surface area contributed by atoms with Crippen molar-refractivity contribution in [3.63, 3.8) is 0 Å². The van der Waals surface area contributed by atoms with E-state index in [2.05, 4.69) is 292 Å². The van der Waals surface area contributed by atoms with Gasteiger partial charge in [0.1, 0.15) is 0 Å².